The Bertz CT molecular complexity index is 571. The largest absolute Gasteiger partial charge is 0.476 e. The molecule has 0 bridgehead atoms. The van der Waals surface area contributed by atoms with Gasteiger partial charge in [-0.1, -0.05) is 0 Å². The third kappa shape index (κ3) is 2.56. The monoisotopic (exact) mass is 256 g/mol. The van der Waals surface area contributed by atoms with Gasteiger partial charge in [-0.05, 0) is 12.1 Å². The van der Waals surface area contributed by atoms with E-state index in [1.54, 1.807) is 0 Å². The lowest BCUT2D eigenvalue weighted by Gasteiger charge is -2.03. The van der Waals surface area contributed by atoms with Crippen LogP contribution in [0.1, 0.15) is 10.5 Å². The van der Waals surface area contributed by atoms with Crippen LogP contribution < -0.4 is 5.32 Å². The second-order valence-corrected chi connectivity index (χ2v) is 3.95. The number of aromatic carboxylic acids is 1. The smallest absolute Gasteiger partial charge is 0.355 e. The summed E-state index contributed by atoms with van der Waals surface area (Å²) in [5.41, 5.74) is -0.0855. The molecule has 0 saturated heterocycles. The molecule has 0 saturated carbocycles. The normalized spacial score (nSPS) is 10.2. The van der Waals surface area contributed by atoms with E-state index in [0.717, 1.165) is 23.5 Å². The van der Waals surface area contributed by atoms with E-state index in [0.29, 0.717) is 0 Å². The zero-order valence-electron chi connectivity index (χ0n) is 8.28. The summed E-state index contributed by atoms with van der Waals surface area (Å²) in [6.45, 7) is 0. The Morgan fingerprint density at radius 3 is 2.76 bits per heavy atom. The van der Waals surface area contributed by atoms with Crippen molar-refractivity contribution in [3.8, 4) is 0 Å². The molecule has 7 heteroatoms. The quantitative estimate of drug-likeness (QED) is 0.886. The lowest BCUT2D eigenvalue weighted by atomic mass is 10.3. The number of aromatic nitrogens is 1. The highest BCUT2D eigenvalue weighted by atomic mass is 32.1. The van der Waals surface area contributed by atoms with Crippen LogP contribution in [0.25, 0.3) is 0 Å². The first kappa shape index (κ1) is 11.5. The van der Waals surface area contributed by atoms with Crippen molar-refractivity contribution >= 4 is 28.1 Å². The van der Waals surface area contributed by atoms with Crippen LogP contribution in [0.5, 0.6) is 0 Å². The first-order valence-corrected chi connectivity index (χ1v) is 5.35. The molecular formula is C10H6F2N2O2S. The van der Waals surface area contributed by atoms with Gasteiger partial charge in [0.1, 0.15) is 11.6 Å². The fourth-order valence-electron chi connectivity index (χ4n) is 1.14. The van der Waals surface area contributed by atoms with Crippen molar-refractivity contribution in [3.05, 3.63) is 40.9 Å². The highest BCUT2D eigenvalue weighted by Gasteiger charge is 2.10. The summed E-state index contributed by atoms with van der Waals surface area (Å²) in [5, 5.41) is 12.8. The molecule has 0 spiro atoms. The predicted octanol–water partition coefficient (Wildman–Crippen LogP) is 2.86. The summed E-state index contributed by atoms with van der Waals surface area (Å²) >= 11 is 1.02. The van der Waals surface area contributed by atoms with Crippen LogP contribution in [-0.2, 0) is 0 Å². The van der Waals surface area contributed by atoms with Crippen molar-refractivity contribution in [3.63, 3.8) is 0 Å². The molecule has 0 atom stereocenters. The molecule has 0 radical (unpaired) electrons. The van der Waals surface area contributed by atoms with Crippen LogP contribution in [0.15, 0.2) is 23.6 Å². The molecule has 1 aromatic heterocycles. The SMILES string of the molecule is O=C(O)c1csc(Nc2ccc(F)cc2F)n1. The number of hydrogen-bond donors (Lipinski definition) is 2. The molecule has 0 fully saturated rings. The molecule has 0 amide bonds. The van der Waals surface area contributed by atoms with Gasteiger partial charge in [0.05, 0.1) is 5.69 Å². The van der Waals surface area contributed by atoms with E-state index in [4.69, 9.17) is 5.11 Å². The van der Waals surface area contributed by atoms with Crippen LogP contribution in [-0.4, -0.2) is 16.1 Å². The van der Waals surface area contributed by atoms with Gasteiger partial charge < -0.3 is 10.4 Å². The summed E-state index contributed by atoms with van der Waals surface area (Å²) in [4.78, 5) is 14.3. The number of nitrogens with zero attached hydrogens (tertiary/aromatic N) is 1. The summed E-state index contributed by atoms with van der Waals surface area (Å²) in [5.74, 6) is -2.61. The van der Waals surface area contributed by atoms with Gasteiger partial charge in [0.2, 0.25) is 0 Å². The third-order valence-corrected chi connectivity index (χ3v) is 2.65. The van der Waals surface area contributed by atoms with Gasteiger partial charge in [0, 0.05) is 11.4 Å². The van der Waals surface area contributed by atoms with Crippen LogP contribution in [0, 0.1) is 11.6 Å². The Balaban J connectivity index is 2.22. The molecular weight excluding hydrogens is 250 g/mol. The highest BCUT2D eigenvalue weighted by molar-refractivity contribution is 7.14. The topological polar surface area (TPSA) is 62.2 Å². The van der Waals surface area contributed by atoms with Gasteiger partial charge >= 0.3 is 5.97 Å². The molecule has 0 unspecified atom stereocenters. The number of carbonyl (C=O) groups is 1. The maximum atomic E-state index is 13.3. The molecule has 0 aliphatic carbocycles. The highest BCUT2D eigenvalue weighted by Crippen LogP contribution is 2.23. The van der Waals surface area contributed by atoms with Crippen LogP contribution >= 0.6 is 11.3 Å². The van der Waals surface area contributed by atoms with Crippen molar-refractivity contribution < 1.29 is 18.7 Å². The van der Waals surface area contributed by atoms with E-state index < -0.39 is 17.6 Å². The average Bonchev–Trinajstić information content (AvgIpc) is 2.71. The first-order chi connectivity index (χ1) is 8.06. The van der Waals surface area contributed by atoms with Gasteiger partial charge in [0.15, 0.2) is 10.8 Å². The standard InChI is InChI=1S/C10H6F2N2O2S/c11-5-1-2-7(6(12)3-5)13-10-14-8(4-17-10)9(15)16/h1-4H,(H,13,14)(H,15,16). The van der Waals surface area contributed by atoms with Crippen LogP contribution in [0.2, 0.25) is 0 Å². The Hall–Kier alpha value is -2.02. The van der Waals surface area contributed by atoms with E-state index >= 15 is 0 Å². The van der Waals surface area contributed by atoms with E-state index in [9.17, 15) is 13.6 Å². The van der Waals surface area contributed by atoms with Crippen molar-refractivity contribution in [1.82, 2.24) is 4.98 Å². The van der Waals surface area contributed by atoms with E-state index in [1.165, 1.54) is 11.4 Å². The van der Waals surface area contributed by atoms with Gasteiger partial charge in [-0.15, -0.1) is 11.3 Å². The number of anilines is 2. The Kier molecular flexibility index (Phi) is 3.01. The Morgan fingerprint density at radius 1 is 1.41 bits per heavy atom. The fourth-order valence-corrected chi connectivity index (χ4v) is 1.83. The first-order valence-electron chi connectivity index (χ1n) is 4.47. The molecule has 0 aliphatic heterocycles. The lowest BCUT2D eigenvalue weighted by Crippen LogP contribution is -1.98. The zero-order chi connectivity index (χ0) is 12.4. The van der Waals surface area contributed by atoms with E-state index in [1.807, 2.05) is 0 Å². The minimum atomic E-state index is -1.16. The maximum Gasteiger partial charge on any atom is 0.355 e. The van der Waals surface area contributed by atoms with Crippen LogP contribution in [0.4, 0.5) is 19.6 Å². The predicted molar refractivity (Wildman–Crippen MR) is 58.7 cm³/mol. The molecule has 1 heterocycles. The minimum absolute atomic E-state index is 0.0395. The number of nitrogens with one attached hydrogen (secondary N) is 1. The number of benzene rings is 1. The molecule has 2 rings (SSSR count). The van der Waals surface area contributed by atoms with Crippen molar-refractivity contribution in [2.45, 2.75) is 0 Å². The fraction of sp³-hybridized carbons (Fsp3) is 0. The number of rotatable bonds is 3. The van der Waals surface area contributed by atoms with Gasteiger partial charge in [-0.25, -0.2) is 18.6 Å². The number of carboxylic acid groups (broad SMARTS) is 1. The molecule has 17 heavy (non-hydrogen) atoms. The number of hydrogen-bond acceptors (Lipinski definition) is 4. The lowest BCUT2D eigenvalue weighted by molar-refractivity contribution is 0.0691. The molecule has 0 aliphatic rings. The second kappa shape index (κ2) is 4.46. The van der Waals surface area contributed by atoms with Gasteiger partial charge in [0.25, 0.3) is 0 Å². The number of thiazole rings is 1. The Morgan fingerprint density at radius 2 is 2.18 bits per heavy atom. The van der Waals surface area contributed by atoms with Crippen LogP contribution in [0.3, 0.4) is 0 Å². The Labute approximate surface area is 98.6 Å². The van der Waals surface area contributed by atoms with E-state index in [2.05, 4.69) is 10.3 Å². The average molecular weight is 256 g/mol. The molecule has 4 nitrogen and oxygen atoms in total. The van der Waals surface area contributed by atoms with E-state index in [-0.39, 0.29) is 16.5 Å². The summed E-state index contributed by atoms with van der Waals surface area (Å²) in [7, 11) is 0. The third-order valence-electron chi connectivity index (χ3n) is 1.90. The van der Waals surface area contributed by atoms with Crippen molar-refractivity contribution in [2.24, 2.45) is 0 Å². The maximum absolute atomic E-state index is 13.3. The van der Waals surface area contributed by atoms with Crippen molar-refractivity contribution in [2.75, 3.05) is 5.32 Å². The van der Waals surface area contributed by atoms with Gasteiger partial charge in [-0.3, -0.25) is 0 Å². The number of carboxylic acids is 1. The minimum Gasteiger partial charge on any atom is -0.476 e. The summed E-state index contributed by atoms with van der Waals surface area (Å²) in [6.07, 6.45) is 0. The van der Waals surface area contributed by atoms with Crippen molar-refractivity contribution in [1.29, 1.82) is 0 Å². The molecule has 1 aromatic carbocycles. The zero-order valence-corrected chi connectivity index (χ0v) is 9.09. The summed E-state index contributed by atoms with van der Waals surface area (Å²) in [6, 6.07) is 3.04. The molecule has 2 N–H and O–H groups in total. The molecule has 88 valence electrons. The molecule has 2 aromatic rings. The summed E-state index contributed by atoms with van der Waals surface area (Å²) < 4.78 is 25.9. The van der Waals surface area contributed by atoms with Gasteiger partial charge in [-0.2, -0.15) is 0 Å². The number of halogens is 2. The second-order valence-electron chi connectivity index (χ2n) is 3.09.